The lowest BCUT2D eigenvalue weighted by atomic mass is 9.98. The number of aromatic hydroxyl groups is 1. The van der Waals surface area contributed by atoms with Gasteiger partial charge in [-0.3, -0.25) is 0 Å². The molecule has 0 aliphatic heterocycles. The fraction of sp³-hybridized carbons (Fsp3) is 0.400. The maximum atomic E-state index is 12.5. The summed E-state index contributed by atoms with van der Waals surface area (Å²) in [6, 6.07) is -0.915. The molecule has 98 valence electrons. The minimum Gasteiger partial charge on any atom is -0.508 e. The van der Waals surface area contributed by atoms with Crippen LogP contribution in [-0.4, -0.2) is 11.3 Å². The minimum absolute atomic E-state index is 0. The Morgan fingerprint density at radius 1 is 1.35 bits per heavy atom. The molecule has 1 rings (SSSR count). The smallest absolute Gasteiger partial charge is 0.407 e. The maximum Gasteiger partial charge on any atom is 0.407 e. The fourth-order valence-electron chi connectivity index (χ4n) is 1.51. The lowest BCUT2D eigenvalue weighted by molar-refractivity contribution is -0.149. The standard InChI is InChI=1S/C10H11BrF3NO.ClH/c1-4-3-6(16)7(5(2)8(4)11)9(15)10(12,13)14;/h3,9,16H,15H2,1-2H3;1H/t9-;/m1./s1. The van der Waals surface area contributed by atoms with Crippen LogP contribution in [0.25, 0.3) is 0 Å². The van der Waals surface area contributed by atoms with E-state index in [0.717, 1.165) is 0 Å². The van der Waals surface area contributed by atoms with E-state index in [1.807, 2.05) is 0 Å². The van der Waals surface area contributed by atoms with Gasteiger partial charge in [0.15, 0.2) is 0 Å². The van der Waals surface area contributed by atoms with Crippen molar-refractivity contribution in [3.63, 3.8) is 0 Å². The molecule has 0 aromatic heterocycles. The summed E-state index contributed by atoms with van der Waals surface area (Å²) in [6.45, 7) is 3.16. The molecule has 1 aromatic rings. The largest absolute Gasteiger partial charge is 0.508 e. The zero-order chi connectivity index (χ0) is 12.7. The molecule has 3 N–H and O–H groups in total. The second-order valence-electron chi connectivity index (χ2n) is 3.58. The molecule has 7 heteroatoms. The number of phenols is 1. The van der Waals surface area contributed by atoms with Crippen LogP contribution in [0.2, 0.25) is 0 Å². The minimum atomic E-state index is -4.57. The molecule has 0 radical (unpaired) electrons. The molecule has 0 bridgehead atoms. The van der Waals surface area contributed by atoms with Gasteiger partial charge in [-0.15, -0.1) is 12.4 Å². The molecule has 0 fully saturated rings. The first-order valence-corrected chi connectivity index (χ1v) is 5.26. The van der Waals surface area contributed by atoms with E-state index >= 15 is 0 Å². The molecule has 0 aliphatic rings. The number of rotatable bonds is 1. The summed E-state index contributed by atoms with van der Waals surface area (Å²) in [4.78, 5) is 0. The van der Waals surface area contributed by atoms with Gasteiger partial charge in [-0.05, 0) is 31.0 Å². The Labute approximate surface area is 112 Å². The van der Waals surface area contributed by atoms with Crippen molar-refractivity contribution in [2.24, 2.45) is 5.73 Å². The molecule has 0 amide bonds. The van der Waals surface area contributed by atoms with Crippen LogP contribution in [-0.2, 0) is 0 Å². The zero-order valence-corrected chi connectivity index (χ0v) is 11.5. The summed E-state index contributed by atoms with van der Waals surface area (Å²) in [7, 11) is 0. The van der Waals surface area contributed by atoms with Crippen LogP contribution in [0.1, 0.15) is 22.7 Å². The second kappa shape index (κ2) is 5.46. The van der Waals surface area contributed by atoms with Gasteiger partial charge in [-0.2, -0.15) is 13.2 Å². The average molecular weight is 335 g/mol. The van der Waals surface area contributed by atoms with E-state index in [9.17, 15) is 18.3 Å². The van der Waals surface area contributed by atoms with Crippen LogP contribution in [0.3, 0.4) is 0 Å². The Kier molecular flexibility index (Phi) is 5.31. The van der Waals surface area contributed by atoms with Crippen molar-refractivity contribution in [3.8, 4) is 5.75 Å². The highest BCUT2D eigenvalue weighted by Gasteiger charge is 2.40. The normalized spacial score (nSPS) is 13.1. The lowest BCUT2D eigenvalue weighted by Gasteiger charge is -2.20. The van der Waals surface area contributed by atoms with E-state index in [0.29, 0.717) is 15.6 Å². The highest BCUT2D eigenvalue weighted by molar-refractivity contribution is 9.10. The maximum absolute atomic E-state index is 12.5. The van der Waals surface area contributed by atoms with Crippen molar-refractivity contribution in [2.75, 3.05) is 0 Å². The quantitative estimate of drug-likeness (QED) is 0.821. The first kappa shape index (κ1) is 16.5. The number of nitrogens with two attached hydrogens (primary N) is 1. The predicted octanol–water partition coefficient (Wildman–Crippen LogP) is 3.76. The lowest BCUT2D eigenvalue weighted by Crippen LogP contribution is -2.29. The van der Waals surface area contributed by atoms with Crippen LogP contribution >= 0.6 is 28.3 Å². The van der Waals surface area contributed by atoms with Crippen molar-refractivity contribution in [1.82, 2.24) is 0 Å². The number of aryl methyl sites for hydroxylation is 1. The van der Waals surface area contributed by atoms with E-state index in [-0.39, 0.29) is 18.0 Å². The third-order valence-corrected chi connectivity index (χ3v) is 3.59. The van der Waals surface area contributed by atoms with Gasteiger partial charge in [0.25, 0.3) is 0 Å². The van der Waals surface area contributed by atoms with Gasteiger partial charge in [0.2, 0.25) is 0 Å². The number of phenolic OH excluding ortho intramolecular Hbond substituents is 1. The number of hydrogen-bond donors (Lipinski definition) is 2. The van der Waals surface area contributed by atoms with Gasteiger partial charge in [0.1, 0.15) is 11.8 Å². The molecule has 0 unspecified atom stereocenters. The summed E-state index contributed by atoms with van der Waals surface area (Å²) >= 11 is 3.17. The number of halogens is 5. The van der Waals surface area contributed by atoms with Crippen LogP contribution in [0.4, 0.5) is 13.2 Å². The molecule has 0 saturated carbocycles. The van der Waals surface area contributed by atoms with Gasteiger partial charge >= 0.3 is 6.18 Å². The third kappa shape index (κ3) is 3.26. The summed E-state index contributed by atoms with van der Waals surface area (Å²) in [5, 5.41) is 9.53. The Bertz CT molecular complexity index is 423. The highest BCUT2D eigenvalue weighted by atomic mass is 79.9. The van der Waals surface area contributed by atoms with E-state index in [2.05, 4.69) is 15.9 Å². The molecule has 0 spiro atoms. The van der Waals surface area contributed by atoms with Crippen molar-refractivity contribution in [3.05, 3.63) is 27.2 Å². The Hall–Kier alpha value is -0.460. The van der Waals surface area contributed by atoms with Crippen molar-refractivity contribution in [1.29, 1.82) is 0 Å². The predicted molar refractivity (Wildman–Crippen MR) is 65.5 cm³/mol. The van der Waals surface area contributed by atoms with Crippen molar-refractivity contribution >= 4 is 28.3 Å². The van der Waals surface area contributed by atoms with Gasteiger partial charge < -0.3 is 10.8 Å². The molecular weight excluding hydrogens is 322 g/mol. The summed E-state index contributed by atoms with van der Waals surface area (Å²) in [5.41, 5.74) is 5.77. The topological polar surface area (TPSA) is 46.2 Å². The monoisotopic (exact) mass is 333 g/mol. The summed E-state index contributed by atoms with van der Waals surface area (Å²) < 4.78 is 38.0. The first-order valence-electron chi connectivity index (χ1n) is 4.47. The van der Waals surface area contributed by atoms with E-state index < -0.39 is 18.0 Å². The Morgan fingerprint density at radius 2 is 1.82 bits per heavy atom. The van der Waals surface area contributed by atoms with Crippen LogP contribution in [0.5, 0.6) is 5.75 Å². The first-order chi connectivity index (χ1) is 7.16. The number of benzene rings is 1. The van der Waals surface area contributed by atoms with Crippen molar-refractivity contribution < 1.29 is 18.3 Å². The third-order valence-electron chi connectivity index (χ3n) is 2.37. The molecule has 1 atom stereocenters. The molecule has 0 saturated heterocycles. The van der Waals surface area contributed by atoms with E-state index in [4.69, 9.17) is 5.73 Å². The van der Waals surface area contributed by atoms with Gasteiger partial charge in [-0.1, -0.05) is 15.9 Å². The second-order valence-corrected chi connectivity index (χ2v) is 4.38. The summed E-state index contributed by atoms with van der Waals surface area (Å²) in [5.74, 6) is -0.428. The van der Waals surface area contributed by atoms with Gasteiger partial charge in [0, 0.05) is 10.0 Å². The average Bonchev–Trinajstić information content (AvgIpc) is 2.13. The van der Waals surface area contributed by atoms with Crippen molar-refractivity contribution in [2.45, 2.75) is 26.1 Å². The number of alkyl halides is 3. The van der Waals surface area contributed by atoms with Crippen LogP contribution in [0, 0.1) is 13.8 Å². The summed E-state index contributed by atoms with van der Waals surface area (Å²) in [6.07, 6.45) is -4.57. The van der Waals surface area contributed by atoms with E-state index in [1.54, 1.807) is 6.92 Å². The number of hydrogen-bond acceptors (Lipinski definition) is 2. The fourth-order valence-corrected chi connectivity index (χ4v) is 1.84. The van der Waals surface area contributed by atoms with Gasteiger partial charge in [-0.25, -0.2) is 0 Å². The highest BCUT2D eigenvalue weighted by Crippen LogP contribution is 2.40. The van der Waals surface area contributed by atoms with Gasteiger partial charge in [0.05, 0.1) is 0 Å². The van der Waals surface area contributed by atoms with Crippen LogP contribution in [0.15, 0.2) is 10.5 Å². The molecule has 0 aliphatic carbocycles. The molecule has 2 nitrogen and oxygen atoms in total. The van der Waals surface area contributed by atoms with E-state index in [1.165, 1.54) is 13.0 Å². The molecular formula is C10H12BrClF3NO. The Balaban J connectivity index is 0.00000256. The van der Waals surface area contributed by atoms with Crippen LogP contribution < -0.4 is 5.73 Å². The molecule has 0 heterocycles. The zero-order valence-electron chi connectivity index (χ0n) is 9.10. The molecule has 17 heavy (non-hydrogen) atoms. The SMILES string of the molecule is Cc1cc(O)c([C@@H](N)C(F)(F)F)c(C)c1Br.Cl. The molecule has 1 aromatic carbocycles. The Morgan fingerprint density at radius 3 is 2.24 bits per heavy atom.